The molecule has 8 aromatic heterocycles. The van der Waals surface area contributed by atoms with E-state index in [4.69, 9.17) is 74.0 Å². The molecular formula is C42H54N20O25P4. The van der Waals surface area contributed by atoms with Crippen molar-refractivity contribution in [2.45, 2.75) is 98.2 Å². The summed E-state index contributed by atoms with van der Waals surface area (Å²) in [5, 5.41) is 56.9. The summed E-state index contributed by atoms with van der Waals surface area (Å²) in [4.78, 5) is 101. The number of anilines is 4. The van der Waals surface area contributed by atoms with E-state index < -0.39 is 168 Å². The Bertz CT molecular complexity index is 4190. The molecule has 3 unspecified atom stereocenters. The first-order valence-corrected chi connectivity index (χ1v) is 33.0. The molecule has 4 fully saturated rings. The second-order valence-corrected chi connectivity index (χ2v) is 26.7. The molecule has 18 N–H and O–H groups in total. The van der Waals surface area contributed by atoms with Crippen molar-refractivity contribution in [1.82, 2.24) is 78.1 Å². The number of hydrogen-bond acceptors (Lipinski definition) is 36. The third kappa shape index (κ3) is 13.0. The van der Waals surface area contributed by atoms with Crippen molar-refractivity contribution in [3.8, 4) is 0 Å². The molecular weight excluding hydrogens is 1310 g/mol. The first-order valence-electron chi connectivity index (χ1n) is 26.4. The third-order valence-electron chi connectivity index (χ3n) is 14.6. The van der Waals surface area contributed by atoms with Crippen molar-refractivity contribution >= 4 is 98.8 Å². The van der Waals surface area contributed by atoms with E-state index in [2.05, 4.69) is 59.8 Å². The van der Waals surface area contributed by atoms with E-state index in [9.17, 15) is 68.3 Å². The van der Waals surface area contributed by atoms with Gasteiger partial charge in [-0.1, -0.05) is 0 Å². The van der Waals surface area contributed by atoms with Crippen molar-refractivity contribution in [2.75, 3.05) is 62.1 Å². The number of nitrogens with zero attached hydrogens (tertiary/aromatic N) is 16. The largest absolute Gasteiger partial charge is 0.472 e. The molecule has 4 saturated heterocycles. The van der Waals surface area contributed by atoms with Gasteiger partial charge in [-0.15, -0.1) is 0 Å². The second kappa shape index (κ2) is 25.1. The van der Waals surface area contributed by atoms with E-state index in [-0.39, 0.29) is 67.9 Å². The van der Waals surface area contributed by atoms with Crippen molar-refractivity contribution in [3.63, 3.8) is 0 Å². The molecule has 0 radical (unpaired) electrons. The van der Waals surface area contributed by atoms with E-state index in [1.165, 1.54) is 15.5 Å². The highest BCUT2D eigenvalue weighted by Crippen LogP contribution is 2.54. The number of phosphoric ester groups is 2. The molecule has 8 aromatic rings. The average Bonchev–Trinajstić information content (AvgIpc) is 1.66. The van der Waals surface area contributed by atoms with Crippen LogP contribution >= 0.6 is 30.8 Å². The summed E-state index contributed by atoms with van der Waals surface area (Å²) in [5.41, 5.74) is 24.1. The molecule has 0 bridgehead atoms. The zero-order valence-corrected chi connectivity index (χ0v) is 49.5. The van der Waals surface area contributed by atoms with Gasteiger partial charge in [-0.2, -0.15) is 0 Å². The first kappa shape index (κ1) is 64.6. The lowest BCUT2D eigenvalue weighted by molar-refractivity contribution is -0.0675. The Labute approximate surface area is 505 Å². The molecule has 0 aliphatic carbocycles. The van der Waals surface area contributed by atoms with Crippen LogP contribution in [-0.2, 0) is 69.3 Å². The number of fused-ring (bicyclic) bond motifs is 4. The average molecular weight is 1360 g/mol. The van der Waals surface area contributed by atoms with Gasteiger partial charge in [0.05, 0.1) is 51.7 Å². The minimum Gasteiger partial charge on any atom is -0.387 e. The fourth-order valence-electron chi connectivity index (χ4n) is 10.4. The number of ether oxygens (including phenoxy) is 6. The van der Waals surface area contributed by atoms with Crippen LogP contribution in [0.2, 0.25) is 0 Å². The van der Waals surface area contributed by atoms with E-state index in [1.807, 2.05) is 0 Å². The van der Waals surface area contributed by atoms with Crippen LogP contribution in [0, 0.1) is 0 Å². The predicted molar refractivity (Wildman–Crippen MR) is 294 cm³/mol. The van der Waals surface area contributed by atoms with Crippen LogP contribution in [-0.4, -0.2) is 240 Å². The minimum absolute atomic E-state index is 0.00197. The molecule has 4 aliphatic rings. The first-order chi connectivity index (χ1) is 43.2. The van der Waals surface area contributed by atoms with E-state index >= 15 is 0 Å². The summed E-state index contributed by atoms with van der Waals surface area (Å²) >= 11 is 0. The van der Waals surface area contributed by atoms with Crippen LogP contribution in [0.4, 0.5) is 23.3 Å². The summed E-state index contributed by atoms with van der Waals surface area (Å²) in [6, 6.07) is 0. The number of aliphatic hydroxyl groups is 5. The van der Waals surface area contributed by atoms with Crippen molar-refractivity contribution in [2.24, 2.45) is 0 Å². The van der Waals surface area contributed by atoms with Gasteiger partial charge < -0.3 is 101 Å². The van der Waals surface area contributed by atoms with E-state index in [0.29, 0.717) is 0 Å². The maximum Gasteiger partial charge on any atom is 0.472 e. The normalized spacial score (nSPS) is 30.9. The quantitative estimate of drug-likeness (QED) is 0.0255. The predicted octanol–water partition coefficient (Wildman–Crippen LogP) is -4.23. The molecule has 12 rings (SSSR count). The van der Waals surface area contributed by atoms with Crippen LogP contribution < -0.4 is 22.9 Å². The summed E-state index contributed by atoms with van der Waals surface area (Å²) in [6.07, 6.45) is -21.1. The Morgan fingerprint density at radius 3 is 1.07 bits per heavy atom. The molecule has 0 amide bonds. The van der Waals surface area contributed by atoms with Crippen LogP contribution in [0.1, 0.15) is 24.9 Å². The number of nitrogens with two attached hydrogens (primary N) is 4. The van der Waals surface area contributed by atoms with Gasteiger partial charge in [-0.25, -0.2) is 68.9 Å². The standard InChI is InChI=1S/C42H54N20O25P4/c43-31-19-35(51-5-47-31)59(9-55-19)39-27(67)23(63)17(81-39)3-79-90(73,74)87-30-26(66)18(84-42(30)62-12-58-22-34(46)50-8-54-38(22)62)4-80-91(75,76)86-29-25(65)16(83-41(29)61-11-57-21-33(45)49-7-53-37(21)61)2-78-14-89(71,72)85-28-24(64)15(1-77-13-88(68,69)70)82-40(28)60-10-56-20-32(44)48-6-52-36(20)60/h5-12,15-18,23-30,39-42,63-67H,1-4,13-14H2,(H,71,72)(H,73,74)(H,75,76)(H2,43,47,51)(H2,44,48,52)(H2,45,49,53)(H2,46,50,54)(H2,68,69,70)/t15-,16-,17-,18-,23-,24-,25-,26-,27-,28+,29+,30-,39-,40-,41-,42-/m1/s1. The lowest BCUT2D eigenvalue weighted by Crippen LogP contribution is -2.37. The molecule has 0 spiro atoms. The second-order valence-electron chi connectivity index (χ2n) is 20.6. The number of aliphatic hydroxyl groups excluding tert-OH is 5. The fraction of sp³-hybridized carbons (Fsp3) is 0.524. The van der Waals surface area contributed by atoms with E-state index in [0.717, 1.165) is 53.4 Å². The molecule has 492 valence electrons. The zero-order chi connectivity index (χ0) is 64.6. The number of phosphoric acid groups is 2. The molecule has 4 aliphatic heterocycles. The molecule has 12 heterocycles. The van der Waals surface area contributed by atoms with Crippen molar-refractivity contribution in [3.05, 3.63) is 50.6 Å². The Balaban J connectivity index is 0.733. The van der Waals surface area contributed by atoms with Crippen LogP contribution in [0.15, 0.2) is 50.6 Å². The molecule has 0 aromatic carbocycles. The monoisotopic (exact) mass is 1360 g/mol. The Kier molecular flexibility index (Phi) is 17.8. The fourth-order valence-corrected chi connectivity index (χ4v) is 13.6. The topological polar surface area (TPSA) is 651 Å². The van der Waals surface area contributed by atoms with Crippen LogP contribution in [0.3, 0.4) is 0 Å². The number of rotatable bonds is 24. The minimum atomic E-state index is -5.57. The summed E-state index contributed by atoms with van der Waals surface area (Å²) in [7, 11) is -20.8. The lowest BCUT2D eigenvalue weighted by Gasteiger charge is -2.25. The molecule has 0 saturated carbocycles. The van der Waals surface area contributed by atoms with Gasteiger partial charge in [0.2, 0.25) is 0 Å². The van der Waals surface area contributed by atoms with Gasteiger partial charge >= 0.3 is 30.8 Å². The summed E-state index contributed by atoms with van der Waals surface area (Å²) in [5.74, 6) is -0.297. The van der Waals surface area contributed by atoms with Gasteiger partial charge in [0, 0.05) is 0 Å². The van der Waals surface area contributed by atoms with Crippen LogP contribution in [0.5, 0.6) is 0 Å². The highest BCUT2D eigenvalue weighted by atomic mass is 31.2. The van der Waals surface area contributed by atoms with Gasteiger partial charge in [-0.05, 0) is 0 Å². The Hall–Kier alpha value is -6.52. The maximum atomic E-state index is 14.1. The maximum absolute atomic E-state index is 14.1. The Morgan fingerprint density at radius 2 is 0.703 bits per heavy atom. The molecule has 91 heavy (non-hydrogen) atoms. The van der Waals surface area contributed by atoms with Gasteiger partial charge in [-0.3, -0.25) is 50.0 Å². The smallest absolute Gasteiger partial charge is 0.387 e. The Morgan fingerprint density at radius 1 is 0.396 bits per heavy atom. The number of hydrogen-bond donors (Lipinski definition) is 14. The van der Waals surface area contributed by atoms with Crippen LogP contribution in [0.25, 0.3) is 44.7 Å². The van der Waals surface area contributed by atoms with Gasteiger partial charge in [0.25, 0.3) is 0 Å². The summed E-state index contributed by atoms with van der Waals surface area (Å²) in [6.45, 7) is -3.47. The van der Waals surface area contributed by atoms with E-state index in [1.54, 1.807) is 0 Å². The molecule has 45 nitrogen and oxygen atoms in total. The zero-order valence-electron chi connectivity index (χ0n) is 45.9. The molecule has 49 heteroatoms. The molecule has 19 atom stereocenters. The number of nitrogen functional groups attached to an aromatic ring is 4. The lowest BCUT2D eigenvalue weighted by atomic mass is 10.1. The highest BCUT2D eigenvalue weighted by Gasteiger charge is 2.55. The SMILES string of the molecule is Nc1ncnc2c1ncn2[C@@H]1O[C@H](COP(=O)(O)O[C@@H]2[C@H](O)[C@@H](COP(=O)(O)O[C@H]3[C@H](O)[C@@H](COCP(=O)(O)O[C@H]4[C@H](O)[C@@H](COCP(=O)(O)O)O[C@H]4n4cnc5c(N)ncnc54)O[C@H]3n3cnc4c(N)ncnc43)O[C@H]2n2cnc3c(N)ncnc32)[C@@H](O)[C@H]1O. The third-order valence-corrected chi connectivity index (χ3v) is 18.2. The number of aromatic nitrogens is 16. The highest BCUT2D eigenvalue weighted by molar-refractivity contribution is 7.52. The van der Waals surface area contributed by atoms with Crippen molar-refractivity contribution < 1.29 is 119 Å². The van der Waals surface area contributed by atoms with Gasteiger partial charge in [0.1, 0.15) is 133 Å². The summed E-state index contributed by atoms with van der Waals surface area (Å²) < 4.78 is 120. The van der Waals surface area contributed by atoms with Gasteiger partial charge in [0.15, 0.2) is 70.8 Å². The number of imidazole rings is 4. The van der Waals surface area contributed by atoms with Crippen molar-refractivity contribution in [1.29, 1.82) is 0 Å².